The number of nitrogens with one attached hydrogen (secondary N) is 1. The van der Waals surface area contributed by atoms with Crippen molar-refractivity contribution in [2.24, 2.45) is 5.92 Å². The summed E-state index contributed by atoms with van der Waals surface area (Å²) in [6.07, 6.45) is 0.0467. The van der Waals surface area contributed by atoms with Crippen LogP contribution in [0.4, 0.5) is 11.4 Å². The quantitative estimate of drug-likeness (QED) is 0.801. The summed E-state index contributed by atoms with van der Waals surface area (Å²) < 4.78 is 5.09. The molecule has 0 unspecified atom stereocenters. The second-order valence-electron chi connectivity index (χ2n) is 6.31. The van der Waals surface area contributed by atoms with Gasteiger partial charge in [0.2, 0.25) is 5.91 Å². The molecule has 1 fully saturated rings. The lowest BCUT2D eigenvalue weighted by molar-refractivity contribution is -0.151. The Morgan fingerprint density at radius 2 is 1.93 bits per heavy atom. The van der Waals surface area contributed by atoms with Gasteiger partial charge in [-0.15, -0.1) is 0 Å². The topological polar surface area (TPSA) is 75.7 Å². The minimum absolute atomic E-state index is 0.0467. The number of amides is 2. The van der Waals surface area contributed by atoms with Gasteiger partial charge in [0, 0.05) is 29.4 Å². The SMILES string of the molecule is Cc1c(Cl)cccc1N1C[C@H](C(=O)OCC(=O)Nc2ccccc2)CC1=O. The number of para-hydroxylation sites is 1. The van der Waals surface area contributed by atoms with Crippen LogP contribution in [0.1, 0.15) is 12.0 Å². The van der Waals surface area contributed by atoms with E-state index in [2.05, 4.69) is 5.32 Å². The molecule has 0 saturated carbocycles. The van der Waals surface area contributed by atoms with Crippen LogP contribution in [0.2, 0.25) is 5.02 Å². The van der Waals surface area contributed by atoms with Crippen molar-refractivity contribution in [3.63, 3.8) is 0 Å². The molecule has 1 saturated heterocycles. The molecule has 1 heterocycles. The van der Waals surface area contributed by atoms with Crippen molar-refractivity contribution in [1.82, 2.24) is 0 Å². The number of carbonyl (C=O) groups is 3. The van der Waals surface area contributed by atoms with Gasteiger partial charge in [-0.1, -0.05) is 35.9 Å². The van der Waals surface area contributed by atoms with E-state index < -0.39 is 24.4 Å². The van der Waals surface area contributed by atoms with Gasteiger partial charge in [-0.25, -0.2) is 0 Å². The Morgan fingerprint density at radius 1 is 1.19 bits per heavy atom. The second kappa shape index (κ2) is 8.22. The van der Waals surface area contributed by atoms with Crippen LogP contribution in [0.25, 0.3) is 0 Å². The van der Waals surface area contributed by atoms with Crippen LogP contribution in [-0.2, 0) is 19.1 Å². The summed E-state index contributed by atoms with van der Waals surface area (Å²) in [4.78, 5) is 38.0. The lowest BCUT2D eigenvalue weighted by Gasteiger charge is -2.19. The van der Waals surface area contributed by atoms with E-state index in [1.54, 1.807) is 42.5 Å². The van der Waals surface area contributed by atoms with Gasteiger partial charge >= 0.3 is 5.97 Å². The minimum Gasteiger partial charge on any atom is -0.455 e. The van der Waals surface area contributed by atoms with Gasteiger partial charge in [0.05, 0.1) is 5.92 Å². The Bertz CT molecular complexity index is 870. The van der Waals surface area contributed by atoms with Crippen molar-refractivity contribution in [1.29, 1.82) is 0 Å². The number of rotatable bonds is 5. The Balaban J connectivity index is 1.56. The first-order valence-corrected chi connectivity index (χ1v) is 8.90. The highest BCUT2D eigenvalue weighted by molar-refractivity contribution is 6.31. The predicted octanol–water partition coefficient (Wildman–Crippen LogP) is 3.18. The fourth-order valence-electron chi connectivity index (χ4n) is 2.96. The maximum Gasteiger partial charge on any atom is 0.311 e. The Morgan fingerprint density at radius 3 is 2.67 bits per heavy atom. The number of esters is 1. The van der Waals surface area contributed by atoms with Crippen molar-refractivity contribution >= 4 is 40.8 Å². The summed E-state index contributed by atoms with van der Waals surface area (Å²) in [5.74, 6) is -1.77. The van der Waals surface area contributed by atoms with Crippen molar-refractivity contribution in [3.8, 4) is 0 Å². The van der Waals surface area contributed by atoms with Gasteiger partial charge < -0.3 is 15.0 Å². The summed E-state index contributed by atoms with van der Waals surface area (Å²) in [5, 5.41) is 3.20. The van der Waals surface area contributed by atoms with Crippen LogP contribution < -0.4 is 10.2 Å². The van der Waals surface area contributed by atoms with Crippen LogP contribution in [0.3, 0.4) is 0 Å². The molecule has 27 heavy (non-hydrogen) atoms. The molecule has 1 N–H and O–H groups in total. The third kappa shape index (κ3) is 4.46. The number of hydrogen-bond donors (Lipinski definition) is 1. The average Bonchev–Trinajstić information content (AvgIpc) is 3.04. The van der Waals surface area contributed by atoms with E-state index in [0.29, 0.717) is 16.4 Å². The highest BCUT2D eigenvalue weighted by Gasteiger charge is 2.37. The summed E-state index contributed by atoms with van der Waals surface area (Å²) in [6, 6.07) is 14.2. The van der Waals surface area contributed by atoms with Gasteiger partial charge in [0.15, 0.2) is 6.61 Å². The monoisotopic (exact) mass is 386 g/mol. The third-order valence-corrected chi connectivity index (χ3v) is 4.80. The molecule has 1 aliphatic heterocycles. The second-order valence-corrected chi connectivity index (χ2v) is 6.72. The molecule has 1 atom stereocenters. The molecule has 7 heteroatoms. The van der Waals surface area contributed by atoms with Crippen molar-refractivity contribution in [3.05, 3.63) is 59.1 Å². The van der Waals surface area contributed by atoms with Crippen LogP contribution in [0, 0.1) is 12.8 Å². The fourth-order valence-corrected chi connectivity index (χ4v) is 3.13. The molecular formula is C20H19ClN2O4. The number of benzene rings is 2. The molecule has 6 nitrogen and oxygen atoms in total. The largest absolute Gasteiger partial charge is 0.455 e. The first-order valence-electron chi connectivity index (χ1n) is 8.52. The third-order valence-electron chi connectivity index (χ3n) is 4.39. The molecule has 0 spiro atoms. The Kier molecular flexibility index (Phi) is 5.76. The molecule has 140 valence electrons. The summed E-state index contributed by atoms with van der Waals surface area (Å²) in [7, 11) is 0. The van der Waals surface area contributed by atoms with Crippen molar-refractivity contribution in [2.75, 3.05) is 23.4 Å². The molecule has 0 aromatic heterocycles. The van der Waals surface area contributed by atoms with E-state index >= 15 is 0 Å². The number of halogens is 1. The van der Waals surface area contributed by atoms with E-state index in [4.69, 9.17) is 16.3 Å². The lowest BCUT2D eigenvalue weighted by Crippen LogP contribution is -2.28. The van der Waals surface area contributed by atoms with Gasteiger partial charge in [-0.05, 0) is 36.8 Å². The predicted molar refractivity (Wildman–Crippen MR) is 103 cm³/mol. The zero-order valence-corrected chi connectivity index (χ0v) is 15.5. The maximum atomic E-state index is 12.3. The number of anilines is 2. The molecule has 2 aromatic rings. The molecule has 0 aliphatic carbocycles. The van der Waals surface area contributed by atoms with Crippen molar-refractivity contribution < 1.29 is 19.1 Å². The van der Waals surface area contributed by atoms with E-state index in [-0.39, 0.29) is 18.9 Å². The molecule has 2 aromatic carbocycles. The van der Waals surface area contributed by atoms with Gasteiger partial charge in [-0.3, -0.25) is 14.4 Å². The highest BCUT2D eigenvalue weighted by Crippen LogP contribution is 2.31. The van der Waals surface area contributed by atoms with Gasteiger partial charge in [0.25, 0.3) is 5.91 Å². The fraction of sp³-hybridized carbons (Fsp3) is 0.250. The minimum atomic E-state index is -0.611. The normalized spacial score (nSPS) is 16.3. The molecular weight excluding hydrogens is 368 g/mol. The Labute approximate surface area is 162 Å². The van der Waals surface area contributed by atoms with E-state index in [9.17, 15) is 14.4 Å². The van der Waals surface area contributed by atoms with Crippen LogP contribution in [-0.4, -0.2) is 30.9 Å². The van der Waals surface area contributed by atoms with Crippen molar-refractivity contribution in [2.45, 2.75) is 13.3 Å². The zero-order chi connectivity index (χ0) is 19.4. The number of ether oxygens (including phenoxy) is 1. The molecule has 3 rings (SSSR count). The number of carbonyl (C=O) groups excluding carboxylic acids is 3. The number of nitrogens with zero attached hydrogens (tertiary/aromatic N) is 1. The Hall–Kier alpha value is -2.86. The maximum absolute atomic E-state index is 12.3. The summed E-state index contributed by atoms with van der Waals surface area (Å²) in [5.41, 5.74) is 2.09. The molecule has 2 amide bonds. The summed E-state index contributed by atoms with van der Waals surface area (Å²) >= 11 is 6.12. The standard InChI is InChI=1S/C20H19ClN2O4/c1-13-16(21)8-5-9-17(13)23-11-14(10-19(23)25)20(26)27-12-18(24)22-15-6-3-2-4-7-15/h2-9,14H,10-12H2,1H3,(H,22,24)/t14-/m1/s1. The van der Waals surface area contributed by atoms with E-state index in [0.717, 1.165) is 5.56 Å². The van der Waals surface area contributed by atoms with Gasteiger partial charge in [0.1, 0.15) is 0 Å². The van der Waals surface area contributed by atoms with Crippen LogP contribution in [0.5, 0.6) is 0 Å². The highest BCUT2D eigenvalue weighted by atomic mass is 35.5. The average molecular weight is 387 g/mol. The zero-order valence-electron chi connectivity index (χ0n) is 14.8. The smallest absolute Gasteiger partial charge is 0.311 e. The van der Waals surface area contributed by atoms with Gasteiger partial charge in [-0.2, -0.15) is 0 Å². The first kappa shape index (κ1) is 18.9. The molecule has 0 bridgehead atoms. The molecule has 0 radical (unpaired) electrons. The lowest BCUT2D eigenvalue weighted by atomic mass is 10.1. The van der Waals surface area contributed by atoms with E-state index in [1.165, 1.54) is 4.90 Å². The molecule has 1 aliphatic rings. The number of hydrogen-bond acceptors (Lipinski definition) is 4. The first-order chi connectivity index (χ1) is 13.0. The summed E-state index contributed by atoms with van der Waals surface area (Å²) in [6.45, 7) is 1.64. The van der Waals surface area contributed by atoms with Crippen LogP contribution in [0.15, 0.2) is 48.5 Å². The van der Waals surface area contributed by atoms with E-state index in [1.807, 2.05) is 13.0 Å². The van der Waals surface area contributed by atoms with Crippen LogP contribution >= 0.6 is 11.6 Å².